The Labute approximate surface area is 154 Å². The van der Waals surface area contributed by atoms with E-state index >= 15 is 0 Å². The molecule has 26 heavy (non-hydrogen) atoms. The minimum Gasteiger partial charge on any atom is -0.490 e. The molecular weight excluding hydrogens is 335 g/mol. The number of amides is 2. The molecule has 6 heteroatoms. The van der Waals surface area contributed by atoms with Crippen molar-refractivity contribution < 1.29 is 18.7 Å². The second kappa shape index (κ2) is 10.1. The van der Waals surface area contributed by atoms with Crippen LogP contribution in [0.5, 0.6) is 5.75 Å². The Balaban J connectivity index is 1.87. The number of ether oxygens (including phenoxy) is 1. The molecule has 2 rings (SSSR count). The first-order valence-electron chi connectivity index (χ1n) is 9.54. The third-order valence-electron chi connectivity index (χ3n) is 4.76. The molecule has 2 amide bonds. The lowest BCUT2D eigenvalue weighted by Gasteiger charge is -2.36. The summed E-state index contributed by atoms with van der Waals surface area (Å²) in [6.45, 7) is 2.77. The molecule has 1 fully saturated rings. The zero-order chi connectivity index (χ0) is 18.8. The van der Waals surface area contributed by atoms with E-state index < -0.39 is 11.4 Å². The highest BCUT2D eigenvalue weighted by molar-refractivity contribution is 5.91. The molecule has 1 aliphatic carbocycles. The van der Waals surface area contributed by atoms with Gasteiger partial charge < -0.3 is 15.4 Å². The van der Waals surface area contributed by atoms with Crippen LogP contribution in [0.4, 0.5) is 4.39 Å². The van der Waals surface area contributed by atoms with Crippen molar-refractivity contribution in [2.45, 2.75) is 63.8 Å². The number of rotatable bonds is 9. The molecule has 144 valence electrons. The first-order valence-corrected chi connectivity index (χ1v) is 9.54. The maximum atomic E-state index is 13.5. The van der Waals surface area contributed by atoms with Gasteiger partial charge >= 0.3 is 0 Å². The first kappa shape index (κ1) is 20.2. The van der Waals surface area contributed by atoms with Crippen molar-refractivity contribution in [2.75, 3.05) is 13.2 Å². The molecule has 1 saturated carbocycles. The Morgan fingerprint density at radius 2 is 1.92 bits per heavy atom. The summed E-state index contributed by atoms with van der Waals surface area (Å²) in [7, 11) is 0. The Hall–Kier alpha value is -2.11. The summed E-state index contributed by atoms with van der Waals surface area (Å²) in [6.07, 6.45) is 6.25. The predicted octanol–water partition coefficient (Wildman–Crippen LogP) is 3.33. The van der Waals surface area contributed by atoms with E-state index in [0.717, 1.165) is 32.1 Å². The molecule has 0 atom stereocenters. The first-order chi connectivity index (χ1) is 12.6. The number of para-hydroxylation sites is 1. The standard InChI is InChI=1S/C20H29FN2O3/c1-2-3-14-22-19(25)20(12-7-4-8-13-20)23-18(24)11-15-26-17-10-6-5-9-16(17)21/h5-6,9-10H,2-4,7-8,11-15H2,1H3,(H,22,25)(H,23,24). The van der Waals surface area contributed by atoms with E-state index in [9.17, 15) is 14.0 Å². The third-order valence-corrected chi connectivity index (χ3v) is 4.76. The highest BCUT2D eigenvalue weighted by Crippen LogP contribution is 2.28. The lowest BCUT2D eigenvalue weighted by molar-refractivity contribution is -0.135. The summed E-state index contributed by atoms with van der Waals surface area (Å²) >= 11 is 0. The van der Waals surface area contributed by atoms with Gasteiger partial charge in [-0.25, -0.2) is 4.39 Å². The van der Waals surface area contributed by atoms with Gasteiger partial charge in [-0.15, -0.1) is 0 Å². The summed E-state index contributed by atoms with van der Waals surface area (Å²) in [4.78, 5) is 25.0. The molecule has 0 heterocycles. The quantitative estimate of drug-likeness (QED) is 0.661. The SMILES string of the molecule is CCCCNC(=O)C1(NC(=O)CCOc2ccccc2F)CCCCC1. The molecule has 0 unspecified atom stereocenters. The summed E-state index contributed by atoms with van der Waals surface area (Å²) in [6, 6.07) is 6.10. The van der Waals surface area contributed by atoms with Crippen molar-refractivity contribution in [1.29, 1.82) is 0 Å². The fourth-order valence-electron chi connectivity index (χ4n) is 3.26. The van der Waals surface area contributed by atoms with E-state index in [1.165, 1.54) is 12.1 Å². The van der Waals surface area contributed by atoms with Gasteiger partial charge in [0.15, 0.2) is 11.6 Å². The number of halogens is 1. The monoisotopic (exact) mass is 364 g/mol. The number of nitrogens with one attached hydrogen (secondary N) is 2. The number of hydrogen-bond donors (Lipinski definition) is 2. The van der Waals surface area contributed by atoms with Gasteiger partial charge in [0.25, 0.3) is 0 Å². The van der Waals surface area contributed by atoms with E-state index in [0.29, 0.717) is 19.4 Å². The van der Waals surface area contributed by atoms with Crippen LogP contribution < -0.4 is 15.4 Å². The summed E-state index contributed by atoms with van der Waals surface area (Å²) in [5.41, 5.74) is -0.818. The topological polar surface area (TPSA) is 67.4 Å². The molecular formula is C20H29FN2O3. The van der Waals surface area contributed by atoms with Crippen molar-refractivity contribution in [3.63, 3.8) is 0 Å². The molecule has 1 aromatic rings. The lowest BCUT2D eigenvalue weighted by atomic mass is 9.80. The van der Waals surface area contributed by atoms with E-state index in [4.69, 9.17) is 4.74 Å². The second-order valence-electron chi connectivity index (χ2n) is 6.83. The van der Waals surface area contributed by atoms with Crippen LogP contribution in [0.1, 0.15) is 58.3 Å². The number of unbranched alkanes of at least 4 members (excludes halogenated alkanes) is 1. The van der Waals surface area contributed by atoms with Gasteiger partial charge in [-0.3, -0.25) is 9.59 Å². The minimum atomic E-state index is -0.818. The normalized spacial score (nSPS) is 15.9. The average Bonchev–Trinajstić information content (AvgIpc) is 2.64. The zero-order valence-electron chi connectivity index (χ0n) is 15.5. The second-order valence-corrected chi connectivity index (χ2v) is 6.83. The molecule has 0 saturated heterocycles. The molecule has 1 aromatic carbocycles. The Morgan fingerprint density at radius 3 is 2.62 bits per heavy atom. The van der Waals surface area contributed by atoms with Crippen LogP contribution in [0.2, 0.25) is 0 Å². The van der Waals surface area contributed by atoms with E-state index in [1.807, 2.05) is 0 Å². The fourth-order valence-corrected chi connectivity index (χ4v) is 3.26. The maximum Gasteiger partial charge on any atom is 0.245 e. The Kier molecular flexibility index (Phi) is 7.88. The van der Waals surface area contributed by atoms with Crippen LogP contribution in [0, 0.1) is 5.82 Å². The van der Waals surface area contributed by atoms with Crippen molar-refractivity contribution in [2.24, 2.45) is 0 Å². The van der Waals surface area contributed by atoms with E-state index in [2.05, 4.69) is 17.6 Å². The fraction of sp³-hybridized carbons (Fsp3) is 0.600. The molecule has 2 N–H and O–H groups in total. The van der Waals surface area contributed by atoms with Gasteiger partial charge in [0.05, 0.1) is 13.0 Å². The highest BCUT2D eigenvalue weighted by atomic mass is 19.1. The Morgan fingerprint density at radius 1 is 1.19 bits per heavy atom. The van der Waals surface area contributed by atoms with Crippen LogP contribution in [-0.2, 0) is 9.59 Å². The lowest BCUT2D eigenvalue weighted by Crippen LogP contribution is -2.60. The minimum absolute atomic E-state index is 0.0697. The molecule has 0 aliphatic heterocycles. The number of benzene rings is 1. The van der Waals surface area contributed by atoms with Crippen molar-refractivity contribution >= 4 is 11.8 Å². The van der Waals surface area contributed by atoms with Crippen LogP contribution >= 0.6 is 0 Å². The highest BCUT2D eigenvalue weighted by Gasteiger charge is 2.40. The van der Waals surface area contributed by atoms with Crippen molar-refractivity contribution in [1.82, 2.24) is 10.6 Å². The number of carbonyl (C=O) groups excluding carboxylic acids is 2. The van der Waals surface area contributed by atoms with Gasteiger partial charge in [0.2, 0.25) is 11.8 Å². The predicted molar refractivity (Wildman–Crippen MR) is 98.4 cm³/mol. The molecule has 0 aromatic heterocycles. The van der Waals surface area contributed by atoms with Crippen LogP contribution in [0.15, 0.2) is 24.3 Å². The summed E-state index contributed by atoms with van der Waals surface area (Å²) < 4.78 is 18.9. The smallest absolute Gasteiger partial charge is 0.245 e. The summed E-state index contributed by atoms with van der Waals surface area (Å²) in [5, 5.41) is 5.89. The Bertz CT molecular complexity index is 600. The molecule has 1 aliphatic rings. The number of carbonyl (C=O) groups is 2. The van der Waals surface area contributed by atoms with Crippen molar-refractivity contribution in [3.8, 4) is 5.75 Å². The molecule has 5 nitrogen and oxygen atoms in total. The largest absolute Gasteiger partial charge is 0.490 e. The van der Waals surface area contributed by atoms with Crippen LogP contribution in [-0.4, -0.2) is 30.5 Å². The van der Waals surface area contributed by atoms with Gasteiger partial charge in [0, 0.05) is 6.54 Å². The zero-order valence-corrected chi connectivity index (χ0v) is 15.5. The van der Waals surface area contributed by atoms with Gasteiger partial charge in [0.1, 0.15) is 5.54 Å². The molecule has 0 bridgehead atoms. The van der Waals surface area contributed by atoms with Gasteiger partial charge in [-0.05, 0) is 31.4 Å². The van der Waals surface area contributed by atoms with Crippen LogP contribution in [0.3, 0.4) is 0 Å². The van der Waals surface area contributed by atoms with Gasteiger partial charge in [-0.2, -0.15) is 0 Å². The average molecular weight is 364 g/mol. The van der Waals surface area contributed by atoms with E-state index in [-0.39, 0.29) is 30.6 Å². The van der Waals surface area contributed by atoms with Crippen LogP contribution in [0.25, 0.3) is 0 Å². The van der Waals surface area contributed by atoms with Crippen molar-refractivity contribution in [3.05, 3.63) is 30.1 Å². The third kappa shape index (κ3) is 5.71. The molecule has 0 radical (unpaired) electrons. The summed E-state index contributed by atoms with van der Waals surface area (Å²) in [5.74, 6) is -0.653. The van der Waals surface area contributed by atoms with Gasteiger partial charge in [-0.1, -0.05) is 44.7 Å². The molecule has 0 spiro atoms. The van der Waals surface area contributed by atoms with E-state index in [1.54, 1.807) is 12.1 Å². The number of hydrogen-bond acceptors (Lipinski definition) is 3. The maximum absolute atomic E-state index is 13.5.